The first kappa shape index (κ1) is 10.7. The van der Waals surface area contributed by atoms with Crippen molar-refractivity contribution in [3.8, 4) is 0 Å². The smallest absolute Gasteiger partial charge is 0.0617 e. The Hall–Kier alpha value is -0.350. The van der Waals surface area contributed by atoms with E-state index in [9.17, 15) is 0 Å². The molecule has 1 aromatic carbocycles. The minimum atomic E-state index is -0.821. The van der Waals surface area contributed by atoms with E-state index in [2.05, 4.69) is 51.7 Å². The van der Waals surface area contributed by atoms with Crippen LogP contribution >= 0.6 is 7.26 Å². The Morgan fingerprint density at radius 3 is 2.08 bits per heavy atom. The van der Waals surface area contributed by atoms with Crippen molar-refractivity contribution in [3.63, 3.8) is 0 Å². The van der Waals surface area contributed by atoms with Crippen LogP contribution in [0, 0.1) is 6.92 Å². The first-order valence-corrected chi connectivity index (χ1v) is 7.65. The van der Waals surface area contributed by atoms with Crippen LogP contribution < -0.4 is 5.30 Å². The number of benzene rings is 1. The maximum Gasteiger partial charge on any atom is 0.0965 e. The molecular weight excluding hydrogens is 175 g/mol. The lowest BCUT2D eigenvalue weighted by molar-refractivity contribution is 1.37. The van der Waals surface area contributed by atoms with Gasteiger partial charge in [-0.3, -0.25) is 0 Å². The van der Waals surface area contributed by atoms with Crippen molar-refractivity contribution in [2.75, 3.05) is 19.0 Å². The predicted molar refractivity (Wildman–Crippen MR) is 64.7 cm³/mol. The van der Waals surface area contributed by atoms with Crippen molar-refractivity contribution < 1.29 is 0 Å². The zero-order chi connectivity index (χ0) is 9.90. The average Bonchev–Trinajstić information content (AvgIpc) is 2.17. The highest BCUT2D eigenvalue weighted by molar-refractivity contribution is 7.82. The van der Waals surface area contributed by atoms with Crippen LogP contribution in [0.4, 0.5) is 0 Å². The van der Waals surface area contributed by atoms with E-state index in [4.69, 9.17) is 0 Å². The van der Waals surface area contributed by atoms with Crippen molar-refractivity contribution in [2.24, 2.45) is 0 Å². The topological polar surface area (TPSA) is 0 Å². The summed E-state index contributed by atoms with van der Waals surface area (Å²) >= 11 is 0. The van der Waals surface area contributed by atoms with Gasteiger partial charge in [-0.25, -0.2) is 0 Å². The lowest BCUT2D eigenvalue weighted by Crippen LogP contribution is -2.16. The molecule has 1 rings (SSSR count). The fourth-order valence-electron chi connectivity index (χ4n) is 1.73. The molecule has 0 aliphatic carbocycles. The quantitative estimate of drug-likeness (QED) is 0.649. The molecule has 0 amide bonds. The Balaban J connectivity index is 3.12. The summed E-state index contributed by atoms with van der Waals surface area (Å²) in [6, 6.07) is 8.86. The van der Waals surface area contributed by atoms with E-state index < -0.39 is 7.26 Å². The molecule has 0 saturated carbocycles. The molecule has 0 aromatic heterocycles. The molecule has 0 saturated heterocycles. The monoisotopic (exact) mass is 195 g/mol. The van der Waals surface area contributed by atoms with Gasteiger partial charge in [0.2, 0.25) is 0 Å². The highest BCUT2D eigenvalue weighted by Gasteiger charge is 2.31. The standard InChI is InChI=1S/C12H20P/c1-5-13(4,6-2)12-10-8-7-9-11(12)3/h7-10H,5-6H2,1-4H3/q+1. The molecule has 0 unspecified atom stereocenters. The summed E-state index contributed by atoms with van der Waals surface area (Å²) in [5.41, 5.74) is 1.47. The van der Waals surface area contributed by atoms with Gasteiger partial charge >= 0.3 is 0 Å². The molecule has 72 valence electrons. The summed E-state index contributed by atoms with van der Waals surface area (Å²) in [6.45, 7) is 9.35. The molecule has 13 heavy (non-hydrogen) atoms. The molecule has 0 N–H and O–H groups in total. The van der Waals surface area contributed by atoms with Crippen molar-refractivity contribution >= 4 is 12.6 Å². The van der Waals surface area contributed by atoms with Crippen LogP contribution in [0.3, 0.4) is 0 Å². The van der Waals surface area contributed by atoms with Crippen molar-refractivity contribution in [1.82, 2.24) is 0 Å². The van der Waals surface area contributed by atoms with Gasteiger partial charge in [-0.2, -0.15) is 0 Å². The summed E-state index contributed by atoms with van der Waals surface area (Å²) in [5, 5.41) is 1.63. The number of hydrogen-bond donors (Lipinski definition) is 0. The summed E-state index contributed by atoms with van der Waals surface area (Å²) in [5.74, 6) is 0. The number of rotatable bonds is 3. The first-order chi connectivity index (χ1) is 6.14. The lowest BCUT2D eigenvalue weighted by atomic mass is 10.2. The number of hydrogen-bond acceptors (Lipinski definition) is 0. The van der Waals surface area contributed by atoms with E-state index in [1.807, 2.05) is 0 Å². The molecule has 0 radical (unpaired) electrons. The maximum atomic E-state index is 2.47. The highest BCUT2D eigenvalue weighted by atomic mass is 31.2. The predicted octanol–water partition coefficient (Wildman–Crippen LogP) is 3.31. The van der Waals surface area contributed by atoms with Crippen LogP contribution in [-0.2, 0) is 0 Å². The summed E-state index contributed by atoms with van der Waals surface area (Å²) in [7, 11) is -0.821. The molecule has 0 nitrogen and oxygen atoms in total. The molecule has 0 aliphatic heterocycles. The normalized spacial score (nSPS) is 11.7. The second-order valence-corrected chi connectivity index (χ2v) is 8.35. The zero-order valence-electron chi connectivity index (χ0n) is 9.17. The summed E-state index contributed by atoms with van der Waals surface area (Å²) in [4.78, 5) is 0. The van der Waals surface area contributed by atoms with Gasteiger partial charge in [0.05, 0.1) is 24.3 Å². The van der Waals surface area contributed by atoms with Crippen LogP contribution in [0.1, 0.15) is 19.4 Å². The summed E-state index contributed by atoms with van der Waals surface area (Å²) in [6.07, 6.45) is 2.66. The maximum absolute atomic E-state index is 2.47. The Bertz CT molecular complexity index is 274. The minimum Gasteiger partial charge on any atom is -0.0617 e. The van der Waals surface area contributed by atoms with Gasteiger partial charge in [0.25, 0.3) is 0 Å². The fraction of sp³-hybridized carbons (Fsp3) is 0.500. The molecule has 0 atom stereocenters. The van der Waals surface area contributed by atoms with Gasteiger partial charge in [0.1, 0.15) is 0 Å². The van der Waals surface area contributed by atoms with Crippen LogP contribution in [0.2, 0.25) is 0 Å². The van der Waals surface area contributed by atoms with Crippen molar-refractivity contribution in [1.29, 1.82) is 0 Å². The summed E-state index contributed by atoms with van der Waals surface area (Å²) < 4.78 is 0. The van der Waals surface area contributed by atoms with Crippen molar-refractivity contribution in [3.05, 3.63) is 29.8 Å². The second kappa shape index (κ2) is 4.24. The van der Waals surface area contributed by atoms with E-state index in [1.54, 1.807) is 5.30 Å². The Kier molecular flexibility index (Phi) is 3.50. The highest BCUT2D eigenvalue weighted by Crippen LogP contribution is 2.53. The largest absolute Gasteiger partial charge is 0.0965 e. The van der Waals surface area contributed by atoms with Crippen LogP contribution in [-0.4, -0.2) is 19.0 Å². The van der Waals surface area contributed by atoms with Gasteiger partial charge in [-0.15, -0.1) is 0 Å². The van der Waals surface area contributed by atoms with E-state index in [-0.39, 0.29) is 0 Å². The van der Waals surface area contributed by atoms with Gasteiger partial charge in [0.15, 0.2) is 0 Å². The Labute approximate surface area is 82.7 Å². The molecule has 0 aliphatic rings. The SMILES string of the molecule is CC[P+](C)(CC)c1ccccc1C. The van der Waals surface area contributed by atoms with E-state index >= 15 is 0 Å². The zero-order valence-corrected chi connectivity index (χ0v) is 10.1. The minimum absolute atomic E-state index is 0.821. The molecule has 1 heteroatoms. The number of aryl methyl sites for hydroxylation is 1. The van der Waals surface area contributed by atoms with Crippen molar-refractivity contribution in [2.45, 2.75) is 20.8 Å². The third-order valence-electron chi connectivity index (χ3n) is 3.09. The Morgan fingerprint density at radius 2 is 1.62 bits per heavy atom. The van der Waals surface area contributed by atoms with E-state index in [0.717, 1.165) is 0 Å². The molecule has 0 heterocycles. The molecule has 1 aromatic rings. The average molecular weight is 195 g/mol. The lowest BCUT2D eigenvalue weighted by Gasteiger charge is -2.21. The van der Waals surface area contributed by atoms with Gasteiger partial charge in [-0.1, -0.05) is 18.2 Å². The van der Waals surface area contributed by atoms with Gasteiger partial charge in [0, 0.05) is 7.26 Å². The molecule has 0 spiro atoms. The fourth-order valence-corrected chi connectivity index (χ4v) is 4.23. The molecule has 0 bridgehead atoms. The van der Waals surface area contributed by atoms with Crippen LogP contribution in [0.5, 0.6) is 0 Å². The Morgan fingerprint density at radius 1 is 1.08 bits per heavy atom. The molecule has 0 fully saturated rings. The third kappa shape index (κ3) is 2.11. The van der Waals surface area contributed by atoms with Crippen LogP contribution in [0.15, 0.2) is 24.3 Å². The third-order valence-corrected chi connectivity index (χ3v) is 7.55. The van der Waals surface area contributed by atoms with Crippen LogP contribution in [0.25, 0.3) is 0 Å². The van der Waals surface area contributed by atoms with Gasteiger partial charge < -0.3 is 0 Å². The second-order valence-electron chi connectivity index (χ2n) is 3.81. The van der Waals surface area contributed by atoms with E-state index in [1.165, 1.54) is 17.9 Å². The first-order valence-electron chi connectivity index (χ1n) is 5.04. The van der Waals surface area contributed by atoms with Gasteiger partial charge in [-0.05, 0) is 32.4 Å². The molecular formula is C12H20P+. The van der Waals surface area contributed by atoms with E-state index in [0.29, 0.717) is 0 Å².